The van der Waals surface area contributed by atoms with Gasteiger partial charge in [-0.2, -0.15) is 0 Å². The summed E-state index contributed by atoms with van der Waals surface area (Å²) in [7, 11) is 0. The monoisotopic (exact) mass is 470 g/mol. The van der Waals surface area contributed by atoms with Crippen LogP contribution in [0, 0.1) is 45.3 Å². The molecule has 6 aliphatic rings. The maximum Gasteiger partial charge on any atom is 0.306 e. The molecule has 9 atom stereocenters. The molecule has 2 spiro atoms. The number of carbonyl (C=O) groups excluding carboxylic acids is 2. The lowest BCUT2D eigenvalue weighted by atomic mass is 9.43. The summed E-state index contributed by atoms with van der Waals surface area (Å²) in [6.07, 6.45) is 11.0. The molecule has 4 heteroatoms. The van der Waals surface area contributed by atoms with Crippen LogP contribution in [0.5, 0.6) is 0 Å². The van der Waals surface area contributed by atoms with Crippen LogP contribution in [0.2, 0.25) is 0 Å². The van der Waals surface area contributed by atoms with Crippen molar-refractivity contribution in [3.05, 3.63) is 0 Å². The number of epoxide rings is 1. The smallest absolute Gasteiger partial charge is 0.306 e. The Morgan fingerprint density at radius 3 is 2.21 bits per heavy atom. The lowest BCUT2D eigenvalue weighted by Gasteiger charge is -2.61. The zero-order chi connectivity index (χ0) is 24.5. The van der Waals surface area contributed by atoms with E-state index in [9.17, 15) is 9.59 Å². The fraction of sp³-hybridized carbons (Fsp3) is 0.933. The van der Waals surface area contributed by atoms with Crippen molar-refractivity contribution in [2.75, 3.05) is 0 Å². The number of ether oxygens (including phenoxy) is 2. The Morgan fingerprint density at radius 1 is 0.882 bits per heavy atom. The van der Waals surface area contributed by atoms with E-state index in [1.807, 2.05) is 13.8 Å². The van der Waals surface area contributed by atoms with Crippen molar-refractivity contribution in [1.82, 2.24) is 0 Å². The van der Waals surface area contributed by atoms with Gasteiger partial charge in [-0.3, -0.25) is 9.59 Å². The molecule has 0 aromatic rings. The SMILES string of the molecule is C[C@H](CC(=O)C1OC1(C)C)[C@H]1CC[C@@]2(C)[C@@H]3CC[C@H]4C(C)(C)OC(=O)CC[C@@]45C[C@@]35CC[C@]12C. The van der Waals surface area contributed by atoms with E-state index < -0.39 is 0 Å². The molecule has 190 valence electrons. The van der Waals surface area contributed by atoms with Gasteiger partial charge in [0.1, 0.15) is 11.7 Å². The molecule has 0 aromatic heterocycles. The number of fused-ring (bicyclic) bond motifs is 2. The first-order valence-corrected chi connectivity index (χ1v) is 14.1. The van der Waals surface area contributed by atoms with Gasteiger partial charge in [-0.05, 0) is 118 Å². The number of rotatable bonds is 4. The van der Waals surface area contributed by atoms with Crippen LogP contribution in [0.1, 0.15) is 113 Å². The molecule has 4 nitrogen and oxygen atoms in total. The van der Waals surface area contributed by atoms with E-state index >= 15 is 0 Å². The van der Waals surface area contributed by atoms with Gasteiger partial charge in [0.05, 0.1) is 5.60 Å². The number of Topliss-reactive ketones (excluding diaryl/α,β-unsaturated/α-hetero) is 1. The standard InChI is InChI=1S/C30H46O4/c1-18(16-20(31)24-26(4,5)34-24)19-10-12-28(7)22-9-8-21-25(2,3)33-23(32)11-13-29(21)17-30(22,29)15-14-27(19,28)6/h18-19,21-22,24H,8-17H2,1-7H3/t18-,19-,21+,22+,24?,27-,28+,29-,30+/m1/s1. The second-order valence-corrected chi connectivity index (χ2v) is 15.0. The Bertz CT molecular complexity index is 936. The number of carbonyl (C=O) groups is 2. The Balaban J connectivity index is 1.26. The molecule has 2 saturated heterocycles. The summed E-state index contributed by atoms with van der Waals surface area (Å²) < 4.78 is 11.7. The van der Waals surface area contributed by atoms with Crippen LogP contribution in [0.4, 0.5) is 0 Å². The quantitative estimate of drug-likeness (QED) is 0.348. The molecule has 0 aromatic carbocycles. The van der Waals surface area contributed by atoms with Gasteiger partial charge < -0.3 is 9.47 Å². The molecule has 0 N–H and O–H groups in total. The van der Waals surface area contributed by atoms with Crippen molar-refractivity contribution in [2.45, 2.75) is 130 Å². The van der Waals surface area contributed by atoms with E-state index in [1.54, 1.807) is 0 Å². The molecule has 2 heterocycles. The largest absolute Gasteiger partial charge is 0.459 e. The normalized spacial score (nSPS) is 52.7. The molecule has 0 radical (unpaired) electrons. The summed E-state index contributed by atoms with van der Waals surface area (Å²) in [6.45, 7) is 16.0. The summed E-state index contributed by atoms with van der Waals surface area (Å²) in [5.41, 5.74) is 0.762. The van der Waals surface area contributed by atoms with Gasteiger partial charge in [0.15, 0.2) is 5.78 Å². The third-order valence-corrected chi connectivity index (χ3v) is 13.0. The molecule has 4 aliphatic carbocycles. The Hall–Kier alpha value is -0.900. The van der Waals surface area contributed by atoms with Crippen molar-refractivity contribution < 1.29 is 19.1 Å². The summed E-state index contributed by atoms with van der Waals surface area (Å²) in [6, 6.07) is 0. The highest BCUT2D eigenvalue weighted by Crippen LogP contribution is 2.88. The van der Waals surface area contributed by atoms with Crippen LogP contribution in [0.25, 0.3) is 0 Å². The topological polar surface area (TPSA) is 55.9 Å². The van der Waals surface area contributed by atoms with Gasteiger partial charge in [-0.25, -0.2) is 0 Å². The molecule has 1 unspecified atom stereocenters. The lowest BCUT2D eigenvalue weighted by Crippen LogP contribution is -2.56. The molecule has 2 aliphatic heterocycles. The molecule has 0 bridgehead atoms. The molecule has 6 rings (SSSR count). The average molecular weight is 471 g/mol. The minimum atomic E-state index is -0.338. The van der Waals surface area contributed by atoms with Crippen molar-refractivity contribution in [3.63, 3.8) is 0 Å². The molecular formula is C30H46O4. The minimum absolute atomic E-state index is 0.0153. The van der Waals surface area contributed by atoms with E-state index in [0.29, 0.717) is 58.0 Å². The third-order valence-electron chi connectivity index (χ3n) is 13.0. The zero-order valence-electron chi connectivity index (χ0n) is 22.6. The number of hydrogen-bond acceptors (Lipinski definition) is 4. The van der Waals surface area contributed by atoms with E-state index in [2.05, 4.69) is 34.6 Å². The summed E-state index contributed by atoms with van der Waals surface area (Å²) in [5.74, 6) is 2.61. The molecular weight excluding hydrogens is 424 g/mol. The van der Waals surface area contributed by atoms with Gasteiger partial charge >= 0.3 is 5.97 Å². The van der Waals surface area contributed by atoms with Gasteiger partial charge in [-0.1, -0.05) is 20.8 Å². The third kappa shape index (κ3) is 2.76. The van der Waals surface area contributed by atoms with Gasteiger partial charge in [0.2, 0.25) is 0 Å². The summed E-state index contributed by atoms with van der Waals surface area (Å²) in [4.78, 5) is 25.4. The van der Waals surface area contributed by atoms with E-state index in [0.717, 1.165) is 12.3 Å². The fourth-order valence-corrected chi connectivity index (χ4v) is 11.3. The van der Waals surface area contributed by atoms with Crippen LogP contribution in [0.15, 0.2) is 0 Å². The van der Waals surface area contributed by atoms with E-state index in [1.165, 1.54) is 44.9 Å². The highest BCUT2D eigenvalue weighted by molar-refractivity contribution is 5.86. The van der Waals surface area contributed by atoms with Gasteiger partial charge in [-0.15, -0.1) is 0 Å². The lowest BCUT2D eigenvalue weighted by molar-refractivity contribution is -0.168. The van der Waals surface area contributed by atoms with Gasteiger partial charge in [0.25, 0.3) is 0 Å². The minimum Gasteiger partial charge on any atom is -0.459 e. The Labute approximate surface area is 206 Å². The second kappa shape index (κ2) is 6.69. The number of esters is 1. The maximum atomic E-state index is 12.9. The highest BCUT2D eigenvalue weighted by Gasteiger charge is 2.81. The molecule has 34 heavy (non-hydrogen) atoms. The maximum absolute atomic E-state index is 12.9. The van der Waals surface area contributed by atoms with Crippen LogP contribution >= 0.6 is 0 Å². The van der Waals surface area contributed by atoms with Crippen LogP contribution in [0.3, 0.4) is 0 Å². The molecule has 6 fully saturated rings. The van der Waals surface area contributed by atoms with E-state index in [4.69, 9.17) is 9.47 Å². The van der Waals surface area contributed by atoms with Gasteiger partial charge in [0, 0.05) is 18.8 Å². The second-order valence-electron chi connectivity index (χ2n) is 15.0. The van der Waals surface area contributed by atoms with Crippen molar-refractivity contribution in [3.8, 4) is 0 Å². The van der Waals surface area contributed by atoms with Crippen LogP contribution in [-0.4, -0.2) is 29.1 Å². The first-order valence-electron chi connectivity index (χ1n) is 14.1. The van der Waals surface area contributed by atoms with E-state index in [-0.39, 0.29) is 23.3 Å². The number of ketones is 1. The highest BCUT2D eigenvalue weighted by atomic mass is 16.6. The van der Waals surface area contributed by atoms with Crippen molar-refractivity contribution >= 4 is 11.8 Å². The van der Waals surface area contributed by atoms with Crippen LogP contribution < -0.4 is 0 Å². The predicted octanol–water partition coefficient (Wildman–Crippen LogP) is 6.49. The summed E-state index contributed by atoms with van der Waals surface area (Å²) in [5, 5.41) is 0. The predicted molar refractivity (Wildman–Crippen MR) is 131 cm³/mol. The molecule has 0 amide bonds. The average Bonchev–Trinajstić information content (AvgIpc) is 3.57. The number of hydrogen-bond donors (Lipinski definition) is 0. The Kier molecular flexibility index (Phi) is 4.63. The molecule has 4 saturated carbocycles. The first-order chi connectivity index (χ1) is 15.7. The van der Waals surface area contributed by atoms with Crippen molar-refractivity contribution in [2.24, 2.45) is 45.3 Å². The van der Waals surface area contributed by atoms with Crippen molar-refractivity contribution in [1.29, 1.82) is 0 Å². The Morgan fingerprint density at radius 2 is 1.53 bits per heavy atom. The summed E-state index contributed by atoms with van der Waals surface area (Å²) >= 11 is 0. The van der Waals surface area contributed by atoms with Crippen LogP contribution in [-0.2, 0) is 19.1 Å². The fourth-order valence-electron chi connectivity index (χ4n) is 11.3. The number of cyclic esters (lactones) is 1. The first kappa shape index (κ1) is 23.5. The zero-order valence-corrected chi connectivity index (χ0v) is 22.6.